The summed E-state index contributed by atoms with van der Waals surface area (Å²) in [4.78, 5) is 4.34. The molecule has 0 aliphatic carbocycles. The molecule has 0 amide bonds. The van der Waals surface area contributed by atoms with Gasteiger partial charge in [-0.15, -0.1) is 24.0 Å². The lowest BCUT2D eigenvalue weighted by molar-refractivity contribution is 0.206. The number of rotatable bonds is 7. The van der Waals surface area contributed by atoms with Crippen molar-refractivity contribution in [2.75, 3.05) is 19.0 Å². The Labute approximate surface area is 170 Å². The molecule has 0 fully saturated rings. The van der Waals surface area contributed by atoms with Gasteiger partial charge in [0, 0.05) is 5.69 Å². The molecule has 0 aliphatic heterocycles. The first-order valence-electron chi connectivity index (χ1n) is 7.74. The third-order valence-corrected chi connectivity index (χ3v) is 3.73. The van der Waals surface area contributed by atoms with Crippen LogP contribution in [0.15, 0.2) is 53.5 Å². The molecule has 2 aromatic carbocycles. The van der Waals surface area contributed by atoms with Crippen LogP contribution in [0, 0.1) is 0 Å². The van der Waals surface area contributed by atoms with Crippen molar-refractivity contribution in [1.29, 1.82) is 0 Å². The molecule has 0 radical (unpaired) electrons. The lowest BCUT2D eigenvalue weighted by atomic mass is 10.2. The quantitative estimate of drug-likeness (QED) is 0.350. The Balaban J connectivity index is 0.00000312. The molecule has 1 atom stereocenters. The molecule has 0 saturated carbocycles. The standard InChI is InChI=1S/C18H22ClN3O2.HI/c1-3-14(24-17-7-5-4-6-16(17)19)12-21-18(20)22-13-8-10-15(23-2)11-9-13;/h4-11,14H,3,12H2,1-2H3,(H3,20,21,22);1H. The fourth-order valence-electron chi connectivity index (χ4n) is 2.03. The summed E-state index contributed by atoms with van der Waals surface area (Å²) in [6.45, 7) is 2.47. The zero-order valence-electron chi connectivity index (χ0n) is 14.2. The molecule has 0 bridgehead atoms. The molecule has 0 aromatic heterocycles. The van der Waals surface area contributed by atoms with Crippen LogP contribution in [0.3, 0.4) is 0 Å². The number of halogens is 2. The van der Waals surface area contributed by atoms with E-state index in [-0.39, 0.29) is 30.1 Å². The van der Waals surface area contributed by atoms with E-state index in [4.69, 9.17) is 26.8 Å². The Bertz CT molecular complexity index is 680. The van der Waals surface area contributed by atoms with Gasteiger partial charge < -0.3 is 20.5 Å². The van der Waals surface area contributed by atoms with Crippen molar-refractivity contribution in [3.8, 4) is 11.5 Å². The van der Waals surface area contributed by atoms with Gasteiger partial charge in [0.15, 0.2) is 5.96 Å². The molecule has 25 heavy (non-hydrogen) atoms. The van der Waals surface area contributed by atoms with Crippen LogP contribution in [-0.2, 0) is 0 Å². The summed E-state index contributed by atoms with van der Waals surface area (Å²) in [7, 11) is 1.63. The van der Waals surface area contributed by atoms with Crippen molar-refractivity contribution in [3.05, 3.63) is 53.6 Å². The van der Waals surface area contributed by atoms with Crippen LogP contribution >= 0.6 is 35.6 Å². The first-order chi connectivity index (χ1) is 11.6. The maximum Gasteiger partial charge on any atom is 0.193 e. The van der Waals surface area contributed by atoms with Gasteiger partial charge >= 0.3 is 0 Å². The van der Waals surface area contributed by atoms with E-state index in [0.717, 1.165) is 17.9 Å². The summed E-state index contributed by atoms with van der Waals surface area (Å²) in [6.07, 6.45) is 0.700. The smallest absolute Gasteiger partial charge is 0.193 e. The Kier molecular flexibility index (Phi) is 9.44. The first kappa shape index (κ1) is 21.4. The summed E-state index contributed by atoms with van der Waals surface area (Å²) in [5, 5.41) is 3.63. The summed E-state index contributed by atoms with van der Waals surface area (Å²) in [6, 6.07) is 14.8. The van der Waals surface area contributed by atoms with Crippen LogP contribution in [0.25, 0.3) is 0 Å². The number of hydrogen-bond acceptors (Lipinski definition) is 3. The average Bonchev–Trinajstić information content (AvgIpc) is 2.60. The molecule has 0 aliphatic rings. The van der Waals surface area contributed by atoms with Gasteiger partial charge in [0.1, 0.15) is 17.6 Å². The average molecular weight is 476 g/mol. The number of anilines is 1. The summed E-state index contributed by atoms with van der Waals surface area (Å²) >= 11 is 6.11. The van der Waals surface area contributed by atoms with Crippen molar-refractivity contribution in [1.82, 2.24) is 0 Å². The normalized spacial score (nSPS) is 12.0. The predicted octanol–water partition coefficient (Wildman–Crippen LogP) is 4.55. The minimum Gasteiger partial charge on any atom is -0.497 e. The topological polar surface area (TPSA) is 68.9 Å². The van der Waals surface area contributed by atoms with E-state index in [1.54, 1.807) is 13.2 Å². The van der Waals surface area contributed by atoms with Gasteiger partial charge in [0.25, 0.3) is 0 Å². The number of methoxy groups -OCH3 is 1. The van der Waals surface area contributed by atoms with E-state index in [0.29, 0.717) is 23.3 Å². The second-order valence-corrected chi connectivity index (χ2v) is 5.57. The molecule has 136 valence electrons. The van der Waals surface area contributed by atoms with Crippen molar-refractivity contribution in [2.45, 2.75) is 19.4 Å². The molecule has 3 N–H and O–H groups in total. The van der Waals surface area contributed by atoms with Crippen LogP contribution < -0.4 is 20.5 Å². The Hall–Kier alpha value is -1.67. The van der Waals surface area contributed by atoms with Gasteiger partial charge in [-0.05, 0) is 42.8 Å². The van der Waals surface area contributed by atoms with Crippen LogP contribution in [0.4, 0.5) is 5.69 Å². The van der Waals surface area contributed by atoms with Gasteiger partial charge in [0.2, 0.25) is 0 Å². The fraction of sp³-hybridized carbons (Fsp3) is 0.278. The number of aliphatic imine (C=N–C) groups is 1. The molecule has 0 spiro atoms. The Morgan fingerprint density at radius 2 is 1.88 bits per heavy atom. The second-order valence-electron chi connectivity index (χ2n) is 5.16. The summed E-state index contributed by atoms with van der Waals surface area (Å²) in [5.41, 5.74) is 6.77. The zero-order chi connectivity index (χ0) is 17.4. The Morgan fingerprint density at radius 1 is 1.20 bits per heavy atom. The third-order valence-electron chi connectivity index (χ3n) is 3.41. The largest absolute Gasteiger partial charge is 0.497 e. The molecule has 0 saturated heterocycles. The zero-order valence-corrected chi connectivity index (χ0v) is 17.3. The van der Waals surface area contributed by atoms with Crippen molar-refractivity contribution < 1.29 is 9.47 Å². The number of ether oxygens (including phenoxy) is 2. The van der Waals surface area contributed by atoms with E-state index in [1.807, 2.05) is 49.4 Å². The monoisotopic (exact) mass is 475 g/mol. The Morgan fingerprint density at radius 3 is 2.48 bits per heavy atom. The number of guanidine groups is 1. The second kappa shape index (κ2) is 11.0. The number of nitrogens with zero attached hydrogens (tertiary/aromatic N) is 1. The highest BCUT2D eigenvalue weighted by Gasteiger charge is 2.10. The predicted molar refractivity (Wildman–Crippen MR) is 115 cm³/mol. The molecule has 5 nitrogen and oxygen atoms in total. The number of para-hydroxylation sites is 1. The fourth-order valence-corrected chi connectivity index (χ4v) is 2.21. The minimum atomic E-state index is -0.0962. The molecule has 0 heterocycles. The maximum atomic E-state index is 6.11. The highest BCUT2D eigenvalue weighted by Crippen LogP contribution is 2.24. The van der Waals surface area contributed by atoms with Gasteiger partial charge in [-0.3, -0.25) is 0 Å². The number of nitrogens with two attached hydrogens (primary N) is 1. The molecular formula is C18H23ClIN3O2. The van der Waals surface area contributed by atoms with Gasteiger partial charge in [-0.2, -0.15) is 0 Å². The molecule has 2 rings (SSSR count). The van der Waals surface area contributed by atoms with Crippen LogP contribution in [0.5, 0.6) is 11.5 Å². The lowest BCUT2D eigenvalue weighted by Crippen LogP contribution is -2.26. The number of hydrogen-bond donors (Lipinski definition) is 2. The van der Waals surface area contributed by atoms with E-state index in [2.05, 4.69) is 10.3 Å². The molecule has 1 unspecified atom stereocenters. The van der Waals surface area contributed by atoms with Gasteiger partial charge in [0.05, 0.1) is 18.7 Å². The van der Waals surface area contributed by atoms with Crippen molar-refractivity contribution in [3.63, 3.8) is 0 Å². The van der Waals surface area contributed by atoms with Crippen molar-refractivity contribution in [2.24, 2.45) is 10.7 Å². The summed E-state index contributed by atoms with van der Waals surface area (Å²) in [5.74, 6) is 1.78. The molecule has 7 heteroatoms. The van der Waals surface area contributed by atoms with E-state index in [1.165, 1.54) is 0 Å². The number of nitrogens with one attached hydrogen (secondary N) is 1. The SMILES string of the molecule is CCC(CN=C(N)Nc1ccc(OC)cc1)Oc1ccccc1Cl.I. The molecule has 2 aromatic rings. The summed E-state index contributed by atoms with van der Waals surface area (Å²) < 4.78 is 11.0. The van der Waals surface area contributed by atoms with Crippen LogP contribution in [0.1, 0.15) is 13.3 Å². The first-order valence-corrected chi connectivity index (χ1v) is 8.12. The van der Waals surface area contributed by atoms with E-state index < -0.39 is 0 Å². The van der Waals surface area contributed by atoms with Gasteiger partial charge in [-0.25, -0.2) is 4.99 Å². The van der Waals surface area contributed by atoms with E-state index in [9.17, 15) is 0 Å². The van der Waals surface area contributed by atoms with Crippen molar-refractivity contribution >= 4 is 47.2 Å². The maximum absolute atomic E-state index is 6.11. The molecular weight excluding hydrogens is 453 g/mol. The van der Waals surface area contributed by atoms with Crippen LogP contribution in [-0.4, -0.2) is 25.7 Å². The minimum absolute atomic E-state index is 0. The third kappa shape index (κ3) is 6.99. The highest BCUT2D eigenvalue weighted by atomic mass is 127. The van der Waals surface area contributed by atoms with Crippen LogP contribution in [0.2, 0.25) is 5.02 Å². The number of benzene rings is 2. The highest BCUT2D eigenvalue weighted by molar-refractivity contribution is 14.0. The van der Waals surface area contributed by atoms with Gasteiger partial charge in [-0.1, -0.05) is 30.7 Å². The van der Waals surface area contributed by atoms with E-state index >= 15 is 0 Å². The lowest BCUT2D eigenvalue weighted by Gasteiger charge is -2.17.